The minimum absolute atomic E-state index is 0.0925. The summed E-state index contributed by atoms with van der Waals surface area (Å²) in [6.45, 7) is 5.81. The van der Waals surface area contributed by atoms with Crippen molar-refractivity contribution < 1.29 is 9.90 Å². The van der Waals surface area contributed by atoms with Crippen LogP contribution in [0.3, 0.4) is 0 Å². The van der Waals surface area contributed by atoms with Crippen molar-refractivity contribution in [3.8, 4) is 22.9 Å². The molecule has 30 heavy (non-hydrogen) atoms. The number of hydrogen-bond donors (Lipinski definition) is 1. The Morgan fingerprint density at radius 2 is 1.90 bits per heavy atom. The molecular weight excluding hydrogens is 400 g/mol. The second-order valence-electron chi connectivity index (χ2n) is 6.99. The number of phenolic OH excluding ortho intramolecular Hbond substituents is 1. The molecule has 2 aromatic carbocycles. The lowest BCUT2D eigenvalue weighted by molar-refractivity contribution is -0.126. The molecule has 150 valence electrons. The van der Waals surface area contributed by atoms with Gasteiger partial charge in [-0.3, -0.25) is 9.78 Å². The number of carbonyl (C=O) groups excluding carboxylic acids is 1. The van der Waals surface area contributed by atoms with Crippen LogP contribution in [0.2, 0.25) is 5.02 Å². The molecule has 0 atom stereocenters. The molecule has 0 spiro atoms. The van der Waals surface area contributed by atoms with Crippen molar-refractivity contribution in [3.63, 3.8) is 0 Å². The van der Waals surface area contributed by atoms with Crippen LogP contribution in [-0.4, -0.2) is 47.1 Å². The van der Waals surface area contributed by atoms with Crippen LogP contribution in [0.15, 0.2) is 55.3 Å². The normalized spacial score (nSPS) is 13.9. The number of piperazine rings is 1. The monoisotopic (exact) mass is 418 g/mol. The zero-order valence-electron chi connectivity index (χ0n) is 16.2. The summed E-state index contributed by atoms with van der Waals surface area (Å²) in [5.74, 6) is 0.0423. The van der Waals surface area contributed by atoms with E-state index in [0.717, 1.165) is 11.1 Å². The number of anilines is 1. The number of benzene rings is 2. The summed E-state index contributed by atoms with van der Waals surface area (Å²) in [4.78, 5) is 20.1. The zero-order valence-corrected chi connectivity index (χ0v) is 16.9. The van der Waals surface area contributed by atoms with Crippen LogP contribution in [0.1, 0.15) is 5.56 Å². The molecule has 3 aromatic rings. The average molecular weight is 419 g/mol. The lowest BCUT2D eigenvalue weighted by Gasteiger charge is -2.36. The molecule has 2 heterocycles. The minimum atomic E-state index is -0.0925. The summed E-state index contributed by atoms with van der Waals surface area (Å²) in [5, 5.41) is 21.1. The molecule has 1 aliphatic heterocycles. The highest BCUT2D eigenvalue weighted by molar-refractivity contribution is 6.38. The van der Waals surface area contributed by atoms with Crippen LogP contribution >= 0.6 is 11.6 Å². The molecular formula is C23H19ClN4O2. The Kier molecular flexibility index (Phi) is 5.30. The van der Waals surface area contributed by atoms with E-state index in [9.17, 15) is 15.2 Å². The van der Waals surface area contributed by atoms with E-state index in [0.29, 0.717) is 53.4 Å². The number of amides is 1. The van der Waals surface area contributed by atoms with Crippen molar-refractivity contribution >= 4 is 34.1 Å². The number of hydrogen-bond acceptors (Lipinski definition) is 5. The van der Waals surface area contributed by atoms with Gasteiger partial charge in [0.2, 0.25) is 5.91 Å². The van der Waals surface area contributed by atoms with Crippen LogP contribution in [0.4, 0.5) is 5.69 Å². The molecule has 1 fully saturated rings. The molecule has 0 unspecified atom stereocenters. The highest BCUT2D eigenvalue weighted by atomic mass is 35.5. The molecule has 1 saturated heterocycles. The number of nitriles is 1. The SMILES string of the molecule is C=CC(=O)N1CCN(c2c(C#N)cnc3c(Cl)c(-c4ccccc4O)ccc23)CC1. The number of carbonyl (C=O) groups is 1. The van der Waals surface area contributed by atoms with Gasteiger partial charge in [-0.2, -0.15) is 5.26 Å². The first-order valence-corrected chi connectivity index (χ1v) is 9.89. The number of fused-ring (bicyclic) bond motifs is 1. The van der Waals surface area contributed by atoms with Crippen molar-refractivity contribution in [2.75, 3.05) is 31.1 Å². The number of aromatic hydroxyl groups is 1. The number of nitrogens with zero attached hydrogens (tertiary/aromatic N) is 4. The van der Waals surface area contributed by atoms with Gasteiger partial charge in [0.25, 0.3) is 0 Å². The number of rotatable bonds is 3. The van der Waals surface area contributed by atoms with E-state index in [1.165, 1.54) is 12.3 Å². The van der Waals surface area contributed by atoms with Gasteiger partial charge in [0.05, 0.1) is 21.8 Å². The molecule has 0 saturated carbocycles. The molecule has 7 heteroatoms. The lowest BCUT2D eigenvalue weighted by atomic mass is 10.0. The molecule has 0 radical (unpaired) electrons. The van der Waals surface area contributed by atoms with Gasteiger partial charge in [-0.25, -0.2) is 0 Å². The maximum absolute atomic E-state index is 11.9. The smallest absolute Gasteiger partial charge is 0.246 e. The van der Waals surface area contributed by atoms with Crippen LogP contribution in [0, 0.1) is 11.3 Å². The van der Waals surface area contributed by atoms with Crippen molar-refractivity contribution in [2.45, 2.75) is 0 Å². The molecule has 0 bridgehead atoms. The Balaban J connectivity index is 1.80. The van der Waals surface area contributed by atoms with Gasteiger partial charge in [0, 0.05) is 48.9 Å². The Bertz CT molecular complexity index is 1190. The first-order chi connectivity index (χ1) is 14.5. The topological polar surface area (TPSA) is 80.5 Å². The van der Waals surface area contributed by atoms with Crippen LogP contribution in [-0.2, 0) is 4.79 Å². The summed E-state index contributed by atoms with van der Waals surface area (Å²) in [7, 11) is 0. The molecule has 6 nitrogen and oxygen atoms in total. The highest BCUT2D eigenvalue weighted by Crippen LogP contribution is 2.40. The number of halogens is 1. The van der Waals surface area contributed by atoms with E-state index in [2.05, 4.69) is 22.5 Å². The molecule has 0 aliphatic carbocycles. The van der Waals surface area contributed by atoms with Gasteiger partial charge in [0.1, 0.15) is 11.8 Å². The second-order valence-corrected chi connectivity index (χ2v) is 7.37. The molecule has 1 aromatic heterocycles. The fourth-order valence-electron chi connectivity index (χ4n) is 3.83. The predicted octanol–water partition coefficient (Wildman–Crippen LogP) is 3.97. The van der Waals surface area contributed by atoms with E-state index < -0.39 is 0 Å². The molecule has 1 aliphatic rings. The van der Waals surface area contributed by atoms with Gasteiger partial charge >= 0.3 is 0 Å². The fourth-order valence-corrected chi connectivity index (χ4v) is 4.14. The lowest BCUT2D eigenvalue weighted by Crippen LogP contribution is -2.48. The van der Waals surface area contributed by atoms with Gasteiger partial charge in [-0.05, 0) is 18.2 Å². The highest BCUT2D eigenvalue weighted by Gasteiger charge is 2.24. The molecule has 1 amide bonds. The third-order valence-electron chi connectivity index (χ3n) is 5.35. The van der Waals surface area contributed by atoms with Crippen LogP contribution in [0.25, 0.3) is 22.0 Å². The average Bonchev–Trinajstić information content (AvgIpc) is 2.79. The maximum Gasteiger partial charge on any atom is 0.246 e. The largest absolute Gasteiger partial charge is 0.507 e. The summed E-state index contributed by atoms with van der Waals surface area (Å²) >= 11 is 6.70. The number of aromatic nitrogens is 1. The van der Waals surface area contributed by atoms with Gasteiger partial charge in [0.15, 0.2) is 0 Å². The van der Waals surface area contributed by atoms with Crippen LogP contribution in [0.5, 0.6) is 5.75 Å². The number of pyridine rings is 1. The first-order valence-electron chi connectivity index (χ1n) is 9.51. The van der Waals surface area contributed by atoms with Crippen molar-refractivity contribution in [2.24, 2.45) is 0 Å². The Labute approximate surface area is 179 Å². The summed E-state index contributed by atoms with van der Waals surface area (Å²) < 4.78 is 0. The maximum atomic E-state index is 11.9. The minimum Gasteiger partial charge on any atom is -0.507 e. The third kappa shape index (κ3) is 3.34. The molecule has 4 rings (SSSR count). The summed E-state index contributed by atoms with van der Waals surface area (Å²) in [6, 6.07) is 12.9. The van der Waals surface area contributed by atoms with Gasteiger partial charge in [-0.1, -0.05) is 42.4 Å². The van der Waals surface area contributed by atoms with Crippen molar-refractivity contribution in [1.82, 2.24) is 9.88 Å². The third-order valence-corrected chi connectivity index (χ3v) is 5.73. The first kappa shape index (κ1) is 19.7. The second kappa shape index (κ2) is 8.05. The van der Waals surface area contributed by atoms with E-state index in [1.54, 1.807) is 23.1 Å². The Morgan fingerprint density at radius 1 is 1.17 bits per heavy atom. The summed E-state index contributed by atoms with van der Waals surface area (Å²) in [6.07, 6.45) is 2.85. The summed E-state index contributed by atoms with van der Waals surface area (Å²) in [5.41, 5.74) is 3.08. The molecule has 1 N–H and O–H groups in total. The fraction of sp³-hybridized carbons (Fsp3) is 0.174. The van der Waals surface area contributed by atoms with Crippen molar-refractivity contribution in [3.05, 3.63) is 65.8 Å². The van der Waals surface area contributed by atoms with Crippen molar-refractivity contribution in [1.29, 1.82) is 5.26 Å². The van der Waals surface area contributed by atoms with Gasteiger partial charge < -0.3 is 14.9 Å². The van der Waals surface area contributed by atoms with E-state index in [4.69, 9.17) is 11.6 Å². The standard InChI is InChI=1S/C23H19ClN4O2/c1-2-20(30)27-9-11-28(12-10-27)23-15(13-25)14-26-22-18(23)8-7-17(21(22)24)16-5-3-4-6-19(16)29/h2-8,14,29H,1,9-12H2. The predicted molar refractivity (Wildman–Crippen MR) is 118 cm³/mol. The van der Waals surface area contributed by atoms with Crippen LogP contribution < -0.4 is 4.90 Å². The van der Waals surface area contributed by atoms with E-state index >= 15 is 0 Å². The Morgan fingerprint density at radius 3 is 2.57 bits per heavy atom. The number of para-hydroxylation sites is 1. The zero-order chi connectivity index (χ0) is 21.3. The Hall–Kier alpha value is -3.56. The van der Waals surface area contributed by atoms with E-state index in [1.807, 2.05) is 18.2 Å². The van der Waals surface area contributed by atoms with Gasteiger partial charge in [-0.15, -0.1) is 0 Å². The number of phenols is 1. The van der Waals surface area contributed by atoms with E-state index in [-0.39, 0.29) is 11.7 Å². The quantitative estimate of drug-likeness (QED) is 0.651.